The summed E-state index contributed by atoms with van der Waals surface area (Å²) in [6.45, 7) is 2.48. The van der Waals surface area contributed by atoms with E-state index in [2.05, 4.69) is 9.97 Å². The molecule has 3 aromatic rings. The first kappa shape index (κ1) is 14.1. The summed E-state index contributed by atoms with van der Waals surface area (Å²) in [6.07, 6.45) is 3.14. The van der Waals surface area contributed by atoms with Gasteiger partial charge in [-0.2, -0.15) is 0 Å². The Hall–Kier alpha value is -1.88. The van der Waals surface area contributed by atoms with Crippen LogP contribution in [0.15, 0.2) is 28.8 Å². The van der Waals surface area contributed by atoms with E-state index >= 15 is 0 Å². The lowest BCUT2D eigenvalue weighted by Crippen LogP contribution is -2.06. The summed E-state index contributed by atoms with van der Waals surface area (Å²) < 4.78 is 21.0. The number of aromatic nitrogens is 3. The molecule has 21 heavy (non-hydrogen) atoms. The van der Waals surface area contributed by atoms with Gasteiger partial charge in [0.25, 0.3) is 0 Å². The smallest absolute Gasteiger partial charge is 0.214 e. The monoisotopic (exact) mass is 307 g/mol. The van der Waals surface area contributed by atoms with Gasteiger partial charge in [-0.25, -0.2) is 14.4 Å². The van der Waals surface area contributed by atoms with Crippen LogP contribution in [0.1, 0.15) is 24.4 Å². The maximum atomic E-state index is 13.3. The molecule has 0 aliphatic rings. The van der Waals surface area contributed by atoms with Crippen molar-refractivity contribution in [1.29, 1.82) is 0 Å². The average Bonchev–Trinajstić information content (AvgIpc) is 3.05. The Labute approximate surface area is 126 Å². The molecule has 0 atom stereocenters. The number of aryl methyl sites for hydroxylation is 2. The topological polar surface area (TPSA) is 43.9 Å². The molecule has 0 N–H and O–H groups in total. The van der Waals surface area contributed by atoms with Crippen molar-refractivity contribution in [3.8, 4) is 0 Å². The molecule has 2 heterocycles. The quantitative estimate of drug-likeness (QED) is 0.677. The highest BCUT2D eigenvalue weighted by molar-refractivity contribution is 6.17. The number of rotatable bonds is 5. The van der Waals surface area contributed by atoms with E-state index in [4.69, 9.17) is 16.0 Å². The standard InChI is InChI=1S/C15H15ClFN3O/c1-2-11-8-18-15(21-11)9-20-13-4-3-10(17)7-12(13)19-14(20)5-6-16/h3-4,7-8H,2,5-6,9H2,1H3. The molecule has 0 saturated heterocycles. The second-order valence-corrected chi connectivity index (χ2v) is 5.14. The number of benzene rings is 1. The van der Waals surface area contributed by atoms with Crippen molar-refractivity contribution in [2.45, 2.75) is 26.3 Å². The largest absolute Gasteiger partial charge is 0.444 e. The minimum absolute atomic E-state index is 0.297. The first-order valence-electron chi connectivity index (χ1n) is 6.85. The van der Waals surface area contributed by atoms with Gasteiger partial charge in [0.1, 0.15) is 23.9 Å². The number of nitrogens with zero attached hydrogens (tertiary/aromatic N) is 3. The molecule has 0 saturated carbocycles. The molecule has 0 radical (unpaired) electrons. The molecule has 6 heteroatoms. The highest BCUT2D eigenvalue weighted by Gasteiger charge is 2.13. The molecule has 0 aliphatic carbocycles. The lowest BCUT2D eigenvalue weighted by atomic mass is 10.3. The van der Waals surface area contributed by atoms with Gasteiger partial charge in [0.05, 0.1) is 17.2 Å². The van der Waals surface area contributed by atoms with E-state index in [0.717, 1.165) is 23.5 Å². The van der Waals surface area contributed by atoms with Crippen molar-refractivity contribution in [2.24, 2.45) is 0 Å². The van der Waals surface area contributed by atoms with Gasteiger partial charge in [0.2, 0.25) is 5.89 Å². The fourth-order valence-electron chi connectivity index (χ4n) is 2.32. The van der Waals surface area contributed by atoms with Gasteiger partial charge in [-0.1, -0.05) is 6.92 Å². The maximum Gasteiger partial charge on any atom is 0.214 e. The van der Waals surface area contributed by atoms with Crippen LogP contribution in [-0.4, -0.2) is 20.4 Å². The van der Waals surface area contributed by atoms with Crippen LogP contribution in [0.25, 0.3) is 11.0 Å². The minimum Gasteiger partial charge on any atom is -0.444 e. The third-order valence-electron chi connectivity index (χ3n) is 3.35. The molecule has 0 unspecified atom stereocenters. The molecular weight excluding hydrogens is 293 g/mol. The van der Waals surface area contributed by atoms with E-state index in [-0.39, 0.29) is 5.82 Å². The zero-order valence-corrected chi connectivity index (χ0v) is 12.4. The molecule has 1 aromatic carbocycles. The molecular formula is C15H15ClFN3O. The highest BCUT2D eigenvalue weighted by atomic mass is 35.5. The summed E-state index contributed by atoms with van der Waals surface area (Å²) in [5, 5.41) is 0. The zero-order valence-electron chi connectivity index (χ0n) is 11.6. The highest BCUT2D eigenvalue weighted by Crippen LogP contribution is 2.20. The number of alkyl halides is 1. The molecule has 0 spiro atoms. The Kier molecular flexibility index (Phi) is 3.92. The third-order valence-corrected chi connectivity index (χ3v) is 3.54. The molecule has 0 aliphatic heterocycles. The zero-order chi connectivity index (χ0) is 14.8. The second-order valence-electron chi connectivity index (χ2n) is 4.76. The van der Waals surface area contributed by atoms with Crippen molar-refractivity contribution in [3.05, 3.63) is 47.7 Å². The van der Waals surface area contributed by atoms with Crippen molar-refractivity contribution in [3.63, 3.8) is 0 Å². The van der Waals surface area contributed by atoms with Crippen LogP contribution < -0.4 is 0 Å². The van der Waals surface area contributed by atoms with E-state index in [0.29, 0.717) is 30.3 Å². The lowest BCUT2D eigenvalue weighted by Gasteiger charge is -2.05. The molecule has 110 valence electrons. The summed E-state index contributed by atoms with van der Waals surface area (Å²) in [5.41, 5.74) is 1.48. The van der Waals surface area contributed by atoms with E-state index in [9.17, 15) is 4.39 Å². The van der Waals surface area contributed by atoms with E-state index in [1.54, 1.807) is 12.3 Å². The number of fused-ring (bicyclic) bond motifs is 1. The third kappa shape index (κ3) is 2.78. The number of imidazole rings is 1. The Balaban J connectivity index is 2.03. The fourth-order valence-corrected chi connectivity index (χ4v) is 2.49. The summed E-state index contributed by atoms with van der Waals surface area (Å²) >= 11 is 5.83. The van der Waals surface area contributed by atoms with E-state index in [1.807, 2.05) is 11.5 Å². The molecule has 0 fully saturated rings. The van der Waals surface area contributed by atoms with Gasteiger partial charge < -0.3 is 8.98 Å². The van der Waals surface area contributed by atoms with Crippen LogP contribution in [-0.2, 0) is 19.4 Å². The van der Waals surface area contributed by atoms with Gasteiger partial charge in [-0.3, -0.25) is 0 Å². The Bertz CT molecular complexity index is 765. The van der Waals surface area contributed by atoms with Crippen molar-refractivity contribution in [1.82, 2.24) is 14.5 Å². The van der Waals surface area contributed by atoms with Crippen LogP contribution in [0.5, 0.6) is 0 Å². The van der Waals surface area contributed by atoms with Gasteiger partial charge in [-0.05, 0) is 12.1 Å². The number of hydrogen-bond acceptors (Lipinski definition) is 3. The predicted octanol–water partition coefficient (Wildman–Crippen LogP) is 3.56. The number of hydrogen-bond donors (Lipinski definition) is 0. The average molecular weight is 308 g/mol. The van der Waals surface area contributed by atoms with E-state index in [1.165, 1.54) is 12.1 Å². The molecule has 4 nitrogen and oxygen atoms in total. The summed E-state index contributed by atoms with van der Waals surface area (Å²) in [4.78, 5) is 8.72. The van der Waals surface area contributed by atoms with Crippen LogP contribution >= 0.6 is 11.6 Å². The summed E-state index contributed by atoms with van der Waals surface area (Å²) in [5.74, 6) is 2.43. The van der Waals surface area contributed by atoms with Gasteiger partial charge in [0, 0.05) is 24.8 Å². The first-order chi connectivity index (χ1) is 10.2. The molecule has 0 amide bonds. The number of oxazole rings is 1. The molecule has 2 aromatic heterocycles. The first-order valence-corrected chi connectivity index (χ1v) is 7.39. The molecule has 0 bridgehead atoms. The van der Waals surface area contributed by atoms with E-state index < -0.39 is 0 Å². The van der Waals surface area contributed by atoms with Gasteiger partial charge >= 0.3 is 0 Å². The van der Waals surface area contributed by atoms with Crippen LogP contribution in [0.4, 0.5) is 4.39 Å². The Morgan fingerprint density at radius 3 is 2.95 bits per heavy atom. The van der Waals surface area contributed by atoms with Gasteiger partial charge in [-0.15, -0.1) is 11.6 Å². The Morgan fingerprint density at radius 2 is 2.24 bits per heavy atom. The maximum absolute atomic E-state index is 13.3. The summed E-state index contributed by atoms with van der Waals surface area (Å²) in [7, 11) is 0. The Morgan fingerprint density at radius 1 is 1.38 bits per heavy atom. The number of halogens is 2. The van der Waals surface area contributed by atoms with Crippen LogP contribution in [0.3, 0.4) is 0 Å². The fraction of sp³-hybridized carbons (Fsp3) is 0.333. The lowest BCUT2D eigenvalue weighted by molar-refractivity contribution is 0.445. The van der Waals surface area contributed by atoms with Crippen LogP contribution in [0, 0.1) is 5.82 Å². The van der Waals surface area contributed by atoms with Gasteiger partial charge in [0.15, 0.2) is 0 Å². The SMILES string of the molecule is CCc1cnc(Cn2c(CCCl)nc3cc(F)ccc32)o1. The second kappa shape index (κ2) is 5.85. The normalized spacial score (nSPS) is 11.4. The van der Waals surface area contributed by atoms with Crippen molar-refractivity contribution < 1.29 is 8.81 Å². The molecule has 3 rings (SSSR count). The summed E-state index contributed by atoms with van der Waals surface area (Å²) in [6, 6.07) is 4.58. The minimum atomic E-state index is -0.297. The predicted molar refractivity (Wildman–Crippen MR) is 79.1 cm³/mol. The van der Waals surface area contributed by atoms with Crippen LogP contribution in [0.2, 0.25) is 0 Å². The van der Waals surface area contributed by atoms with Crippen molar-refractivity contribution in [2.75, 3.05) is 5.88 Å². The van der Waals surface area contributed by atoms with Crippen molar-refractivity contribution >= 4 is 22.6 Å².